The molecule has 1 unspecified atom stereocenters. The summed E-state index contributed by atoms with van der Waals surface area (Å²) in [5.74, 6) is 0.912. The third kappa shape index (κ3) is 4.43. The number of amides is 1. The number of rotatable bonds is 6. The Hall–Kier alpha value is -2.17. The number of hydrogen-bond acceptors (Lipinski definition) is 3. The van der Waals surface area contributed by atoms with E-state index in [1.807, 2.05) is 31.2 Å². The Morgan fingerprint density at radius 2 is 2.00 bits per heavy atom. The van der Waals surface area contributed by atoms with Crippen LogP contribution in [0.15, 0.2) is 36.9 Å². The molecule has 1 aromatic carbocycles. The van der Waals surface area contributed by atoms with Gasteiger partial charge in [-0.05, 0) is 37.0 Å². The van der Waals surface area contributed by atoms with E-state index in [2.05, 4.69) is 15.4 Å². The Labute approximate surface area is 143 Å². The Bertz CT molecular complexity index is 630. The number of aromatic nitrogens is 3. The maximum atomic E-state index is 12.2. The first kappa shape index (κ1) is 16.7. The van der Waals surface area contributed by atoms with Crippen molar-refractivity contribution in [3.05, 3.63) is 42.5 Å². The number of hydrogen-bond donors (Lipinski definition) is 1. The molecule has 0 radical (unpaired) electrons. The van der Waals surface area contributed by atoms with Gasteiger partial charge >= 0.3 is 0 Å². The molecule has 1 fully saturated rings. The summed E-state index contributed by atoms with van der Waals surface area (Å²) >= 11 is 0. The molecule has 0 aliphatic heterocycles. The molecule has 128 valence electrons. The van der Waals surface area contributed by atoms with E-state index in [0.29, 0.717) is 6.42 Å². The summed E-state index contributed by atoms with van der Waals surface area (Å²) in [5, 5.41) is 7.23. The van der Waals surface area contributed by atoms with E-state index in [0.717, 1.165) is 23.6 Å². The number of benzene rings is 1. The van der Waals surface area contributed by atoms with Crippen LogP contribution in [0, 0.1) is 5.92 Å². The van der Waals surface area contributed by atoms with Crippen LogP contribution in [0.3, 0.4) is 0 Å². The Morgan fingerprint density at radius 1 is 1.25 bits per heavy atom. The number of nitrogens with zero attached hydrogens (tertiary/aromatic N) is 3. The van der Waals surface area contributed by atoms with Crippen molar-refractivity contribution in [3.63, 3.8) is 0 Å². The molecule has 1 aromatic heterocycles. The van der Waals surface area contributed by atoms with Crippen molar-refractivity contribution in [1.29, 1.82) is 0 Å². The molecule has 1 amide bonds. The second-order valence-electron chi connectivity index (χ2n) is 6.76. The first-order chi connectivity index (χ1) is 11.7. The van der Waals surface area contributed by atoms with Crippen molar-refractivity contribution in [2.75, 3.05) is 0 Å². The Balaban J connectivity index is 1.48. The van der Waals surface area contributed by atoms with Crippen molar-refractivity contribution in [2.45, 2.75) is 57.9 Å². The average Bonchev–Trinajstić information content (AvgIpc) is 3.16. The molecule has 5 nitrogen and oxygen atoms in total. The van der Waals surface area contributed by atoms with Gasteiger partial charge < -0.3 is 5.32 Å². The van der Waals surface area contributed by atoms with Gasteiger partial charge in [-0.25, -0.2) is 9.67 Å². The van der Waals surface area contributed by atoms with Gasteiger partial charge in [0.2, 0.25) is 5.91 Å². The van der Waals surface area contributed by atoms with Gasteiger partial charge in [0.15, 0.2) is 0 Å². The van der Waals surface area contributed by atoms with Crippen LogP contribution in [0.2, 0.25) is 0 Å². The maximum absolute atomic E-state index is 12.2. The van der Waals surface area contributed by atoms with Crippen LogP contribution in [-0.4, -0.2) is 20.7 Å². The molecule has 1 aliphatic rings. The summed E-state index contributed by atoms with van der Waals surface area (Å²) in [6.07, 6.45) is 11.5. The molecular formula is C19H26N4O. The fraction of sp³-hybridized carbons (Fsp3) is 0.526. The fourth-order valence-electron chi connectivity index (χ4n) is 3.47. The second kappa shape index (κ2) is 8.08. The van der Waals surface area contributed by atoms with Crippen LogP contribution in [0.1, 0.15) is 63.5 Å². The predicted molar refractivity (Wildman–Crippen MR) is 93.7 cm³/mol. The van der Waals surface area contributed by atoms with Crippen LogP contribution in [0.4, 0.5) is 0 Å². The SMILES string of the molecule is CC(NC(=O)CCC1CCCCC1)c1ccc(-n2cncn2)cc1. The molecule has 0 saturated heterocycles. The van der Waals surface area contributed by atoms with Gasteiger partial charge in [0.25, 0.3) is 0 Å². The van der Waals surface area contributed by atoms with E-state index in [9.17, 15) is 4.79 Å². The first-order valence-electron chi connectivity index (χ1n) is 8.96. The van der Waals surface area contributed by atoms with Crippen LogP contribution in [0.25, 0.3) is 5.69 Å². The normalized spacial score (nSPS) is 16.7. The van der Waals surface area contributed by atoms with Gasteiger partial charge in [0, 0.05) is 6.42 Å². The molecule has 24 heavy (non-hydrogen) atoms. The maximum Gasteiger partial charge on any atom is 0.220 e. The highest BCUT2D eigenvalue weighted by molar-refractivity contribution is 5.76. The molecule has 1 atom stereocenters. The van der Waals surface area contributed by atoms with Crippen molar-refractivity contribution >= 4 is 5.91 Å². The summed E-state index contributed by atoms with van der Waals surface area (Å²) in [4.78, 5) is 16.1. The molecule has 0 spiro atoms. The molecule has 1 N–H and O–H groups in total. The largest absolute Gasteiger partial charge is 0.350 e. The standard InChI is InChI=1S/C19H26N4O/c1-15(22-19(24)12-7-16-5-3-2-4-6-16)17-8-10-18(11-9-17)23-14-20-13-21-23/h8-11,13-16H,2-7,12H2,1H3,(H,22,24). The second-order valence-corrected chi connectivity index (χ2v) is 6.76. The number of carbonyl (C=O) groups is 1. The third-order valence-corrected chi connectivity index (χ3v) is 4.96. The molecule has 1 saturated carbocycles. The van der Waals surface area contributed by atoms with Crippen LogP contribution in [0.5, 0.6) is 0 Å². The Kier molecular flexibility index (Phi) is 5.62. The highest BCUT2D eigenvalue weighted by atomic mass is 16.1. The average molecular weight is 326 g/mol. The molecule has 1 aliphatic carbocycles. The summed E-state index contributed by atoms with van der Waals surface area (Å²) in [5.41, 5.74) is 2.07. The smallest absolute Gasteiger partial charge is 0.220 e. The van der Waals surface area contributed by atoms with Crippen LogP contribution < -0.4 is 5.32 Å². The lowest BCUT2D eigenvalue weighted by atomic mass is 9.86. The fourth-order valence-corrected chi connectivity index (χ4v) is 3.47. The van der Waals surface area contributed by atoms with E-state index in [1.54, 1.807) is 11.0 Å². The Morgan fingerprint density at radius 3 is 2.67 bits per heavy atom. The zero-order valence-corrected chi connectivity index (χ0v) is 14.3. The molecule has 1 heterocycles. The van der Waals surface area contributed by atoms with Gasteiger partial charge in [-0.2, -0.15) is 5.10 Å². The van der Waals surface area contributed by atoms with Crippen molar-refractivity contribution < 1.29 is 4.79 Å². The molecule has 0 bridgehead atoms. The third-order valence-electron chi connectivity index (χ3n) is 4.96. The van der Waals surface area contributed by atoms with Crippen molar-refractivity contribution in [2.24, 2.45) is 5.92 Å². The zero-order valence-electron chi connectivity index (χ0n) is 14.3. The van der Waals surface area contributed by atoms with Gasteiger partial charge in [-0.3, -0.25) is 4.79 Å². The molecule has 5 heteroatoms. The van der Waals surface area contributed by atoms with E-state index in [4.69, 9.17) is 0 Å². The van der Waals surface area contributed by atoms with E-state index < -0.39 is 0 Å². The van der Waals surface area contributed by atoms with Crippen LogP contribution >= 0.6 is 0 Å². The highest BCUT2D eigenvalue weighted by Gasteiger charge is 2.16. The minimum atomic E-state index is 0.0219. The van der Waals surface area contributed by atoms with Gasteiger partial charge in [0.05, 0.1) is 11.7 Å². The minimum absolute atomic E-state index is 0.0219. The summed E-state index contributed by atoms with van der Waals surface area (Å²) in [6, 6.07) is 8.07. The van der Waals surface area contributed by atoms with Gasteiger partial charge in [-0.15, -0.1) is 0 Å². The highest BCUT2D eigenvalue weighted by Crippen LogP contribution is 2.27. The van der Waals surface area contributed by atoms with E-state index >= 15 is 0 Å². The summed E-state index contributed by atoms with van der Waals surface area (Å²) in [7, 11) is 0. The predicted octanol–water partition coefficient (Wildman–Crippen LogP) is 3.81. The van der Waals surface area contributed by atoms with Crippen LogP contribution in [-0.2, 0) is 4.79 Å². The molecule has 3 rings (SSSR count). The zero-order chi connectivity index (χ0) is 16.8. The topological polar surface area (TPSA) is 59.8 Å². The number of nitrogens with one attached hydrogen (secondary N) is 1. The van der Waals surface area contributed by atoms with E-state index in [1.165, 1.54) is 38.4 Å². The lowest BCUT2D eigenvalue weighted by Crippen LogP contribution is -2.27. The summed E-state index contributed by atoms with van der Waals surface area (Å²) < 4.78 is 1.72. The molecule has 2 aromatic rings. The van der Waals surface area contributed by atoms with Crippen molar-refractivity contribution in [1.82, 2.24) is 20.1 Å². The first-order valence-corrected chi connectivity index (χ1v) is 8.96. The van der Waals surface area contributed by atoms with Gasteiger partial charge in [0.1, 0.15) is 12.7 Å². The summed E-state index contributed by atoms with van der Waals surface area (Å²) in [6.45, 7) is 2.03. The lowest BCUT2D eigenvalue weighted by molar-refractivity contribution is -0.122. The minimum Gasteiger partial charge on any atom is -0.350 e. The monoisotopic (exact) mass is 326 g/mol. The van der Waals surface area contributed by atoms with Crippen molar-refractivity contribution in [3.8, 4) is 5.69 Å². The van der Waals surface area contributed by atoms with E-state index in [-0.39, 0.29) is 11.9 Å². The quantitative estimate of drug-likeness (QED) is 0.878. The number of carbonyl (C=O) groups excluding carboxylic acids is 1. The van der Waals surface area contributed by atoms with Gasteiger partial charge in [-0.1, -0.05) is 44.2 Å². The lowest BCUT2D eigenvalue weighted by Gasteiger charge is -2.21. The molecular weight excluding hydrogens is 300 g/mol.